The summed E-state index contributed by atoms with van der Waals surface area (Å²) in [5.74, 6) is 0. The zero-order valence-electron chi connectivity index (χ0n) is 31.5. The van der Waals surface area contributed by atoms with E-state index in [0.29, 0.717) is 0 Å². The first-order valence-electron chi connectivity index (χ1n) is 19.6. The van der Waals surface area contributed by atoms with Gasteiger partial charge in [0.05, 0.1) is 5.69 Å². The van der Waals surface area contributed by atoms with Gasteiger partial charge in [-0.15, -0.1) is 0 Å². The number of benzene rings is 10. The molecule has 0 fully saturated rings. The van der Waals surface area contributed by atoms with Crippen molar-refractivity contribution in [1.29, 1.82) is 0 Å². The molecule has 0 saturated carbocycles. The van der Waals surface area contributed by atoms with Gasteiger partial charge < -0.3 is 4.90 Å². The summed E-state index contributed by atoms with van der Waals surface area (Å²) < 4.78 is 0. The molecule has 0 amide bonds. The van der Waals surface area contributed by atoms with Crippen LogP contribution in [0.5, 0.6) is 0 Å². The van der Waals surface area contributed by atoms with Gasteiger partial charge in [-0.3, -0.25) is 0 Å². The van der Waals surface area contributed by atoms with Crippen LogP contribution in [0.3, 0.4) is 0 Å². The molecule has 0 bridgehead atoms. The third-order valence-corrected chi connectivity index (χ3v) is 11.1. The minimum Gasteiger partial charge on any atom is -0.310 e. The van der Waals surface area contributed by atoms with E-state index in [4.69, 9.17) is 0 Å². The van der Waals surface area contributed by atoms with Crippen molar-refractivity contribution in [3.8, 4) is 55.6 Å². The fraction of sp³-hybridized carbons (Fsp3) is 0. The van der Waals surface area contributed by atoms with Crippen molar-refractivity contribution in [2.75, 3.05) is 4.90 Å². The molecule has 0 aliphatic carbocycles. The lowest BCUT2D eigenvalue weighted by Gasteiger charge is -2.29. The van der Waals surface area contributed by atoms with E-state index in [1.807, 2.05) is 0 Å². The molecule has 57 heavy (non-hydrogen) atoms. The normalized spacial score (nSPS) is 11.2. The van der Waals surface area contributed by atoms with Crippen molar-refractivity contribution in [1.82, 2.24) is 0 Å². The largest absolute Gasteiger partial charge is 0.310 e. The molecule has 10 aromatic rings. The first-order valence-corrected chi connectivity index (χ1v) is 19.6. The zero-order chi connectivity index (χ0) is 38.0. The Labute approximate surface area is 334 Å². The molecule has 268 valence electrons. The molecule has 1 nitrogen and oxygen atoms in total. The number of anilines is 3. The van der Waals surface area contributed by atoms with E-state index in [0.717, 1.165) is 22.6 Å². The Morgan fingerprint density at radius 2 is 0.649 bits per heavy atom. The van der Waals surface area contributed by atoms with E-state index in [-0.39, 0.29) is 0 Å². The van der Waals surface area contributed by atoms with Crippen molar-refractivity contribution in [2.24, 2.45) is 0 Å². The van der Waals surface area contributed by atoms with Crippen molar-refractivity contribution in [3.63, 3.8) is 0 Å². The van der Waals surface area contributed by atoms with Gasteiger partial charge in [-0.2, -0.15) is 0 Å². The molecule has 1 heteroatoms. The molecule has 0 spiro atoms. The third-order valence-electron chi connectivity index (χ3n) is 11.1. The van der Waals surface area contributed by atoms with Gasteiger partial charge in [0.15, 0.2) is 0 Å². The molecule has 0 saturated heterocycles. The Morgan fingerprint density at radius 3 is 1.32 bits per heavy atom. The number of nitrogens with zero attached hydrogens (tertiary/aromatic N) is 1. The lowest BCUT2D eigenvalue weighted by molar-refractivity contribution is 1.28. The van der Waals surface area contributed by atoms with Crippen LogP contribution in [-0.2, 0) is 0 Å². The summed E-state index contributed by atoms with van der Waals surface area (Å²) >= 11 is 0. The Morgan fingerprint density at radius 1 is 0.228 bits per heavy atom. The molecule has 0 unspecified atom stereocenters. The van der Waals surface area contributed by atoms with Crippen LogP contribution in [0.1, 0.15) is 0 Å². The molecular formula is C56H39N. The molecule has 10 aromatic carbocycles. The Balaban J connectivity index is 1.16. The van der Waals surface area contributed by atoms with Crippen molar-refractivity contribution >= 4 is 38.6 Å². The van der Waals surface area contributed by atoms with Crippen LogP contribution < -0.4 is 4.90 Å². The molecule has 0 radical (unpaired) electrons. The smallest absolute Gasteiger partial charge is 0.0540 e. The molecular weight excluding hydrogens is 687 g/mol. The van der Waals surface area contributed by atoms with E-state index in [1.54, 1.807) is 0 Å². The summed E-state index contributed by atoms with van der Waals surface area (Å²) in [6.45, 7) is 0. The van der Waals surface area contributed by atoms with Gasteiger partial charge in [0, 0.05) is 16.9 Å². The average Bonchev–Trinajstić information content (AvgIpc) is 3.29. The van der Waals surface area contributed by atoms with Gasteiger partial charge in [-0.25, -0.2) is 0 Å². The van der Waals surface area contributed by atoms with Crippen LogP contribution in [0.2, 0.25) is 0 Å². The number of hydrogen-bond acceptors (Lipinski definition) is 1. The maximum Gasteiger partial charge on any atom is 0.0540 e. The van der Waals surface area contributed by atoms with Gasteiger partial charge in [-0.1, -0.05) is 206 Å². The second-order valence-electron chi connectivity index (χ2n) is 14.5. The predicted molar refractivity (Wildman–Crippen MR) is 243 cm³/mol. The van der Waals surface area contributed by atoms with Crippen molar-refractivity contribution in [2.45, 2.75) is 0 Å². The quantitative estimate of drug-likeness (QED) is 0.151. The van der Waals surface area contributed by atoms with Crippen molar-refractivity contribution < 1.29 is 0 Å². The van der Waals surface area contributed by atoms with Gasteiger partial charge >= 0.3 is 0 Å². The summed E-state index contributed by atoms with van der Waals surface area (Å²) in [4.78, 5) is 2.43. The first kappa shape index (κ1) is 34.0. The maximum atomic E-state index is 2.43. The van der Waals surface area contributed by atoms with Crippen LogP contribution >= 0.6 is 0 Å². The highest BCUT2D eigenvalue weighted by molar-refractivity contribution is 6.01. The molecule has 0 aromatic heterocycles. The summed E-state index contributed by atoms with van der Waals surface area (Å²) in [5, 5.41) is 4.98. The van der Waals surface area contributed by atoms with E-state index in [1.165, 1.54) is 71.6 Å². The molecule has 0 aliphatic heterocycles. The SMILES string of the molecule is c1ccc(-c2ccccc2-c2ccccc2-c2ccccc2N(c2ccc(-c3cccc4ccccc34)cc2)c2cccc(-c3cccc4ccccc34)c2)cc1. The fourth-order valence-electron chi connectivity index (χ4n) is 8.42. The summed E-state index contributed by atoms with van der Waals surface area (Å²) in [7, 11) is 0. The lowest BCUT2D eigenvalue weighted by Crippen LogP contribution is -2.11. The molecule has 0 aliphatic rings. The van der Waals surface area contributed by atoms with E-state index < -0.39 is 0 Å². The van der Waals surface area contributed by atoms with E-state index in [2.05, 4.69) is 241 Å². The van der Waals surface area contributed by atoms with Crippen LogP contribution in [0, 0.1) is 0 Å². The van der Waals surface area contributed by atoms with Gasteiger partial charge in [0.1, 0.15) is 0 Å². The van der Waals surface area contributed by atoms with Crippen molar-refractivity contribution in [3.05, 3.63) is 237 Å². The maximum absolute atomic E-state index is 2.43. The summed E-state index contributed by atoms with van der Waals surface area (Å²) in [6.07, 6.45) is 0. The Bertz CT molecular complexity index is 3000. The van der Waals surface area contributed by atoms with Gasteiger partial charge in [-0.05, 0) is 102 Å². The molecule has 10 rings (SSSR count). The van der Waals surface area contributed by atoms with Crippen LogP contribution in [0.4, 0.5) is 17.1 Å². The predicted octanol–water partition coefficient (Wildman–Crippen LogP) is 15.8. The second kappa shape index (κ2) is 15.0. The van der Waals surface area contributed by atoms with Gasteiger partial charge in [0.2, 0.25) is 0 Å². The molecule has 0 atom stereocenters. The standard InChI is InChI=1S/C56H39N/c1-2-17-40(18-3-1)50-27-8-9-28-52(50)53-29-10-11-30-54(53)55-31-12-13-34-56(55)57(45-37-35-43(36-38-45)49-32-15-21-41-19-4-6-25-47(41)49)46-24-14-23-44(39-46)51-33-16-22-42-20-5-7-26-48(42)51/h1-39H. The molecule has 0 N–H and O–H groups in total. The molecule has 0 heterocycles. The minimum atomic E-state index is 1.09. The Hall–Kier alpha value is -7.48. The fourth-order valence-corrected chi connectivity index (χ4v) is 8.42. The monoisotopic (exact) mass is 725 g/mol. The average molecular weight is 726 g/mol. The number of rotatable bonds is 8. The van der Waals surface area contributed by atoms with Gasteiger partial charge in [0.25, 0.3) is 0 Å². The number of hydrogen-bond donors (Lipinski definition) is 0. The third kappa shape index (κ3) is 6.46. The lowest BCUT2D eigenvalue weighted by atomic mass is 9.88. The number of fused-ring (bicyclic) bond motifs is 2. The first-order chi connectivity index (χ1) is 28.3. The van der Waals surface area contributed by atoms with Crippen LogP contribution in [0.25, 0.3) is 77.2 Å². The highest BCUT2D eigenvalue weighted by Gasteiger charge is 2.21. The second-order valence-corrected chi connectivity index (χ2v) is 14.5. The highest BCUT2D eigenvalue weighted by Crippen LogP contribution is 2.46. The summed E-state index contributed by atoms with van der Waals surface area (Å²) in [5.41, 5.74) is 15.3. The van der Waals surface area contributed by atoms with Crippen LogP contribution in [-0.4, -0.2) is 0 Å². The van der Waals surface area contributed by atoms with E-state index in [9.17, 15) is 0 Å². The zero-order valence-corrected chi connectivity index (χ0v) is 31.5. The minimum absolute atomic E-state index is 1.09. The highest BCUT2D eigenvalue weighted by atomic mass is 15.1. The topological polar surface area (TPSA) is 3.24 Å². The summed E-state index contributed by atoms with van der Waals surface area (Å²) in [6, 6.07) is 85.7. The Kier molecular flexibility index (Phi) is 8.95. The van der Waals surface area contributed by atoms with E-state index >= 15 is 0 Å². The number of para-hydroxylation sites is 1. The van der Waals surface area contributed by atoms with Crippen LogP contribution in [0.15, 0.2) is 237 Å².